The molecule has 0 aliphatic rings. The summed E-state index contributed by atoms with van der Waals surface area (Å²) < 4.78 is 10.6. The van der Waals surface area contributed by atoms with Gasteiger partial charge in [0.1, 0.15) is 24.4 Å². The van der Waals surface area contributed by atoms with Gasteiger partial charge in [0, 0.05) is 12.1 Å². The first-order chi connectivity index (χ1) is 13.1. The van der Waals surface area contributed by atoms with Gasteiger partial charge in [0.05, 0.1) is 18.1 Å². The topological polar surface area (TPSA) is 104 Å². The van der Waals surface area contributed by atoms with Crippen LogP contribution < -0.4 is 10.1 Å². The Labute approximate surface area is 157 Å². The molecule has 8 nitrogen and oxygen atoms in total. The van der Waals surface area contributed by atoms with Crippen molar-refractivity contribution in [3.8, 4) is 5.75 Å². The second-order valence-electron chi connectivity index (χ2n) is 5.50. The molecule has 1 heterocycles. The summed E-state index contributed by atoms with van der Waals surface area (Å²) >= 11 is 0. The lowest BCUT2D eigenvalue weighted by Crippen LogP contribution is -2.13. The highest BCUT2D eigenvalue weighted by atomic mass is 16.6. The molecule has 0 fully saturated rings. The fraction of sp³-hybridized carbons (Fsp3) is 0.263. The van der Waals surface area contributed by atoms with Crippen molar-refractivity contribution in [3.63, 3.8) is 0 Å². The van der Waals surface area contributed by atoms with Gasteiger partial charge in [-0.1, -0.05) is 19.1 Å². The van der Waals surface area contributed by atoms with E-state index in [1.807, 2.05) is 31.2 Å². The van der Waals surface area contributed by atoms with Gasteiger partial charge >= 0.3 is 5.97 Å². The van der Waals surface area contributed by atoms with Crippen molar-refractivity contribution in [3.05, 3.63) is 64.3 Å². The van der Waals surface area contributed by atoms with Gasteiger partial charge in [-0.25, -0.2) is 9.78 Å². The van der Waals surface area contributed by atoms with Gasteiger partial charge < -0.3 is 14.8 Å². The number of carbonyl (C=O) groups excluding carboxylic acids is 1. The largest absolute Gasteiger partial charge is 0.494 e. The number of hydrogen-bond acceptors (Lipinski definition) is 7. The van der Waals surface area contributed by atoms with Gasteiger partial charge in [0.15, 0.2) is 0 Å². The zero-order valence-electron chi connectivity index (χ0n) is 15.0. The first-order valence-electron chi connectivity index (χ1n) is 8.50. The molecule has 0 atom stereocenters. The summed E-state index contributed by atoms with van der Waals surface area (Å²) in [6, 6.07) is 10.3. The fourth-order valence-electron chi connectivity index (χ4n) is 2.04. The van der Waals surface area contributed by atoms with Crippen LogP contribution in [-0.4, -0.2) is 35.6 Å². The molecule has 0 saturated carbocycles. The maximum absolute atomic E-state index is 11.7. The van der Waals surface area contributed by atoms with Gasteiger partial charge in [-0.15, -0.1) is 0 Å². The van der Waals surface area contributed by atoms with Crippen LogP contribution in [0.15, 0.2) is 48.7 Å². The lowest BCUT2D eigenvalue weighted by molar-refractivity contribution is -0.385. The van der Waals surface area contributed by atoms with Gasteiger partial charge in [-0.2, -0.15) is 0 Å². The molecule has 27 heavy (non-hydrogen) atoms. The number of hydrogen-bond donors (Lipinski definition) is 1. The van der Waals surface area contributed by atoms with Crippen LogP contribution in [0.25, 0.3) is 6.08 Å². The summed E-state index contributed by atoms with van der Waals surface area (Å²) in [6.07, 6.45) is 5.13. The number of nitro groups is 1. The minimum Gasteiger partial charge on any atom is -0.494 e. The second-order valence-corrected chi connectivity index (χ2v) is 5.50. The standard InChI is InChI=1S/C19H21N3O5/c1-2-12-26-17-7-3-15(4-8-17)5-10-19(23)27-13-11-20-18-9-6-16(14-21-18)22(24)25/h3-10,14H,2,11-13H2,1H3,(H,20,21)/b10-5+. The van der Waals surface area contributed by atoms with E-state index in [-0.39, 0.29) is 12.3 Å². The average Bonchev–Trinajstić information content (AvgIpc) is 2.69. The number of anilines is 1. The van der Waals surface area contributed by atoms with Crippen molar-refractivity contribution in [2.45, 2.75) is 13.3 Å². The van der Waals surface area contributed by atoms with Crippen molar-refractivity contribution in [1.82, 2.24) is 4.98 Å². The number of nitrogens with one attached hydrogen (secondary N) is 1. The van der Waals surface area contributed by atoms with E-state index in [2.05, 4.69) is 10.3 Å². The van der Waals surface area contributed by atoms with Crippen molar-refractivity contribution in [1.29, 1.82) is 0 Å². The van der Waals surface area contributed by atoms with Gasteiger partial charge in [0.2, 0.25) is 0 Å². The van der Waals surface area contributed by atoms with E-state index in [0.29, 0.717) is 19.0 Å². The first kappa shape index (κ1) is 19.9. The van der Waals surface area contributed by atoms with Crippen molar-refractivity contribution < 1.29 is 19.2 Å². The number of rotatable bonds is 10. The Bertz CT molecular complexity index is 773. The van der Waals surface area contributed by atoms with Crippen LogP contribution in [0.2, 0.25) is 0 Å². The fourth-order valence-corrected chi connectivity index (χ4v) is 2.04. The van der Waals surface area contributed by atoms with E-state index in [0.717, 1.165) is 23.9 Å². The molecule has 0 spiro atoms. The van der Waals surface area contributed by atoms with E-state index >= 15 is 0 Å². The molecule has 1 N–H and O–H groups in total. The number of aromatic nitrogens is 1. The maximum Gasteiger partial charge on any atom is 0.330 e. The minimum absolute atomic E-state index is 0.0814. The molecule has 8 heteroatoms. The van der Waals surface area contributed by atoms with Crippen molar-refractivity contribution in [2.75, 3.05) is 25.1 Å². The van der Waals surface area contributed by atoms with E-state index in [1.54, 1.807) is 6.08 Å². The van der Waals surface area contributed by atoms with Gasteiger partial charge in [-0.05, 0) is 36.3 Å². The predicted molar refractivity (Wildman–Crippen MR) is 102 cm³/mol. The highest BCUT2D eigenvalue weighted by Crippen LogP contribution is 2.13. The number of pyridine rings is 1. The maximum atomic E-state index is 11.7. The number of carbonyl (C=O) groups is 1. The Morgan fingerprint density at radius 3 is 2.63 bits per heavy atom. The molecule has 0 amide bonds. The summed E-state index contributed by atoms with van der Waals surface area (Å²) in [5.74, 6) is 0.805. The second kappa shape index (κ2) is 10.5. The lowest BCUT2D eigenvalue weighted by Gasteiger charge is -2.05. The smallest absolute Gasteiger partial charge is 0.330 e. The highest BCUT2D eigenvalue weighted by Gasteiger charge is 2.05. The summed E-state index contributed by atoms with van der Waals surface area (Å²) in [5.41, 5.74) is 0.783. The zero-order valence-corrected chi connectivity index (χ0v) is 15.0. The predicted octanol–water partition coefficient (Wildman–Crippen LogP) is 3.45. The van der Waals surface area contributed by atoms with Crippen molar-refractivity contribution >= 4 is 23.6 Å². The number of ether oxygens (including phenoxy) is 2. The molecule has 2 aromatic rings. The molecule has 0 saturated heterocycles. The molecule has 0 aliphatic heterocycles. The van der Waals surface area contributed by atoms with Crippen molar-refractivity contribution in [2.24, 2.45) is 0 Å². The van der Waals surface area contributed by atoms with Gasteiger partial charge in [-0.3, -0.25) is 10.1 Å². The third-order valence-electron chi connectivity index (χ3n) is 3.38. The first-order valence-corrected chi connectivity index (χ1v) is 8.50. The van der Waals surface area contributed by atoms with E-state index in [1.165, 1.54) is 18.2 Å². The number of nitrogens with zero attached hydrogens (tertiary/aromatic N) is 2. The molecule has 0 radical (unpaired) electrons. The Hall–Kier alpha value is -3.42. The van der Waals surface area contributed by atoms with Gasteiger partial charge in [0.25, 0.3) is 5.69 Å². The monoisotopic (exact) mass is 371 g/mol. The van der Waals surface area contributed by atoms with E-state index in [9.17, 15) is 14.9 Å². The normalized spacial score (nSPS) is 10.6. The van der Waals surface area contributed by atoms with Crippen LogP contribution in [0, 0.1) is 10.1 Å². The zero-order chi connectivity index (χ0) is 19.5. The van der Waals surface area contributed by atoms with Crippen LogP contribution in [0.4, 0.5) is 11.5 Å². The number of benzene rings is 1. The summed E-state index contributed by atoms with van der Waals surface area (Å²) in [6.45, 7) is 3.20. The van der Waals surface area contributed by atoms with E-state index in [4.69, 9.17) is 9.47 Å². The summed E-state index contributed by atoms with van der Waals surface area (Å²) in [7, 11) is 0. The van der Waals surface area contributed by atoms with Crippen LogP contribution in [0.1, 0.15) is 18.9 Å². The van der Waals surface area contributed by atoms with Crippen LogP contribution in [-0.2, 0) is 9.53 Å². The number of esters is 1. The minimum atomic E-state index is -0.517. The Balaban J connectivity index is 1.69. The third kappa shape index (κ3) is 7.15. The molecule has 2 rings (SSSR count). The molecule has 0 bridgehead atoms. The quantitative estimate of drug-likeness (QED) is 0.224. The van der Waals surface area contributed by atoms with E-state index < -0.39 is 10.9 Å². The SMILES string of the molecule is CCCOc1ccc(/C=C/C(=O)OCCNc2ccc([N+](=O)[O-])cn2)cc1. The molecular formula is C19H21N3O5. The molecule has 0 aliphatic carbocycles. The molecule has 0 unspecified atom stereocenters. The molecular weight excluding hydrogens is 350 g/mol. The third-order valence-corrected chi connectivity index (χ3v) is 3.38. The van der Waals surface area contributed by atoms with Crippen LogP contribution in [0.3, 0.4) is 0 Å². The Morgan fingerprint density at radius 1 is 1.22 bits per heavy atom. The highest BCUT2D eigenvalue weighted by molar-refractivity contribution is 5.87. The Morgan fingerprint density at radius 2 is 2.00 bits per heavy atom. The summed E-state index contributed by atoms with van der Waals surface area (Å²) in [5, 5.41) is 13.5. The average molecular weight is 371 g/mol. The molecule has 1 aromatic carbocycles. The molecule has 1 aromatic heterocycles. The summed E-state index contributed by atoms with van der Waals surface area (Å²) in [4.78, 5) is 25.6. The molecule has 142 valence electrons. The van der Waals surface area contributed by atoms with Crippen LogP contribution in [0.5, 0.6) is 5.75 Å². The lowest BCUT2D eigenvalue weighted by atomic mass is 10.2. The van der Waals surface area contributed by atoms with Crippen LogP contribution >= 0.6 is 0 Å². The Kier molecular flexibility index (Phi) is 7.77.